The van der Waals surface area contributed by atoms with Gasteiger partial charge in [-0.3, -0.25) is 4.79 Å². The van der Waals surface area contributed by atoms with Crippen molar-refractivity contribution in [2.45, 2.75) is 51.0 Å². The number of nitrogens with zero attached hydrogens (tertiary/aromatic N) is 4. The molecule has 32 heavy (non-hydrogen) atoms. The molecule has 2 atom stereocenters. The van der Waals surface area contributed by atoms with Gasteiger partial charge in [-0.25, -0.2) is 4.98 Å². The van der Waals surface area contributed by atoms with Crippen molar-refractivity contribution < 1.29 is 9.32 Å². The second-order valence-corrected chi connectivity index (χ2v) is 8.88. The van der Waals surface area contributed by atoms with Crippen LogP contribution in [0, 0.1) is 5.92 Å². The molecule has 0 unspecified atom stereocenters. The molecule has 0 spiro atoms. The van der Waals surface area contributed by atoms with Gasteiger partial charge in [0.15, 0.2) is 0 Å². The Balaban J connectivity index is 1.30. The SMILES string of the molecule is C[C@H](NC(=O)[C@H]1CCCN(c2ncccc2-c2noc(C3CCC3)n2)C1)c1ccccc1. The topological polar surface area (TPSA) is 84.2 Å². The van der Waals surface area contributed by atoms with Crippen LogP contribution in [0.25, 0.3) is 11.4 Å². The van der Waals surface area contributed by atoms with E-state index in [1.54, 1.807) is 6.20 Å². The summed E-state index contributed by atoms with van der Waals surface area (Å²) < 4.78 is 5.54. The maximum atomic E-state index is 13.0. The minimum Gasteiger partial charge on any atom is -0.355 e. The number of pyridine rings is 1. The summed E-state index contributed by atoms with van der Waals surface area (Å²) in [6.45, 7) is 3.51. The monoisotopic (exact) mass is 431 g/mol. The third kappa shape index (κ3) is 4.24. The highest BCUT2D eigenvalue weighted by atomic mass is 16.5. The van der Waals surface area contributed by atoms with Crippen molar-refractivity contribution in [1.82, 2.24) is 20.4 Å². The van der Waals surface area contributed by atoms with Crippen molar-refractivity contribution in [2.24, 2.45) is 5.92 Å². The number of carbonyl (C=O) groups excluding carboxylic acids is 1. The van der Waals surface area contributed by atoms with Gasteiger partial charge in [-0.15, -0.1) is 0 Å². The first-order valence-corrected chi connectivity index (χ1v) is 11.6. The Bertz CT molecular complexity index is 1060. The van der Waals surface area contributed by atoms with Gasteiger partial charge in [-0.1, -0.05) is 41.9 Å². The number of hydrogen-bond acceptors (Lipinski definition) is 6. The Morgan fingerprint density at radius 3 is 2.75 bits per heavy atom. The van der Waals surface area contributed by atoms with Gasteiger partial charge in [-0.05, 0) is 50.3 Å². The molecular formula is C25H29N5O2. The smallest absolute Gasteiger partial charge is 0.230 e. The van der Waals surface area contributed by atoms with Gasteiger partial charge in [0.1, 0.15) is 5.82 Å². The largest absolute Gasteiger partial charge is 0.355 e. The molecule has 1 saturated heterocycles. The van der Waals surface area contributed by atoms with E-state index in [4.69, 9.17) is 4.52 Å². The number of amides is 1. The first kappa shape index (κ1) is 20.7. The molecule has 1 aromatic carbocycles. The number of nitrogens with one attached hydrogen (secondary N) is 1. The molecule has 3 heterocycles. The zero-order valence-corrected chi connectivity index (χ0v) is 18.4. The van der Waals surface area contributed by atoms with Crippen LogP contribution in [-0.4, -0.2) is 34.1 Å². The Morgan fingerprint density at radius 1 is 1.12 bits per heavy atom. The molecule has 2 aromatic heterocycles. The summed E-state index contributed by atoms with van der Waals surface area (Å²) in [5.41, 5.74) is 1.97. The van der Waals surface area contributed by atoms with Gasteiger partial charge < -0.3 is 14.7 Å². The van der Waals surface area contributed by atoms with E-state index in [-0.39, 0.29) is 17.9 Å². The summed E-state index contributed by atoms with van der Waals surface area (Å²) >= 11 is 0. The lowest BCUT2D eigenvalue weighted by Gasteiger charge is -2.34. The van der Waals surface area contributed by atoms with Crippen molar-refractivity contribution in [3.05, 3.63) is 60.1 Å². The molecule has 1 aliphatic carbocycles. The van der Waals surface area contributed by atoms with Gasteiger partial charge in [0.05, 0.1) is 17.5 Å². The number of benzene rings is 1. The van der Waals surface area contributed by atoms with E-state index in [2.05, 4.69) is 25.3 Å². The van der Waals surface area contributed by atoms with Gasteiger partial charge in [0.25, 0.3) is 0 Å². The lowest BCUT2D eigenvalue weighted by molar-refractivity contribution is -0.125. The predicted octanol–water partition coefficient (Wildman–Crippen LogP) is 4.49. The first-order chi connectivity index (χ1) is 15.7. The fourth-order valence-corrected chi connectivity index (χ4v) is 4.53. The molecular weight excluding hydrogens is 402 g/mol. The van der Waals surface area contributed by atoms with Crippen molar-refractivity contribution >= 4 is 11.7 Å². The van der Waals surface area contributed by atoms with Crippen LogP contribution in [0.2, 0.25) is 0 Å². The Morgan fingerprint density at radius 2 is 1.97 bits per heavy atom. The number of piperidine rings is 1. The van der Waals surface area contributed by atoms with Crippen LogP contribution in [-0.2, 0) is 4.79 Å². The summed E-state index contributed by atoms with van der Waals surface area (Å²) in [5, 5.41) is 7.43. The highest BCUT2D eigenvalue weighted by molar-refractivity contribution is 5.80. The van der Waals surface area contributed by atoms with Crippen LogP contribution in [0.3, 0.4) is 0 Å². The molecule has 1 amide bonds. The Kier molecular flexibility index (Phi) is 5.88. The van der Waals surface area contributed by atoms with E-state index in [9.17, 15) is 4.79 Å². The summed E-state index contributed by atoms with van der Waals surface area (Å²) in [6, 6.07) is 13.9. The summed E-state index contributed by atoms with van der Waals surface area (Å²) in [4.78, 5) is 24.5. The second-order valence-electron chi connectivity index (χ2n) is 8.88. The van der Waals surface area contributed by atoms with Crippen molar-refractivity contribution in [1.29, 1.82) is 0 Å². The highest BCUT2D eigenvalue weighted by Gasteiger charge is 2.30. The number of rotatable bonds is 6. The van der Waals surface area contributed by atoms with Crippen LogP contribution in [0.15, 0.2) is 53.2 Å². The Labute approximate surface area is 188 Å². The number of hydrogen-bond donors (Lipinski definition) is 1. The average Bonchev–Trinajstić information content (AvgIpc) is 3.28. The van der Waals surface area contributed by atoms with E-state index < -0.39 is 0 Å². The molecule has 2 fully saturated rings. The molecule has 0 radical (unpaired) electrons. The molecule has 7 heteroatoms. The van der Waals surface area contributed by atoms with Gasteiger partial charge in [0, 0.05) is 25.2 Å². The van der Waals surface area contributed by atoms with E-state index in [1.807, 2.05) is 49.4 Å². The van der Waals surface area contributed by atoms with Crippen LogP contribution < -0.4 is 10.2 Å². The van der Waals surface area contributed by atoms with Gasteiger partial charge in [-0.2, -0.15) is 4.98 Å². The zero-order chi connectivity index (χ0) is 21.9. The van der Waals surface area contributed by atoms with Crippen molar-refractivity contribution in [2.75, 3.05) is 18.0 Å². The van der Waals surface area contributed by atoms with Crippen LogP contribution in [0.4, 0.5) is 5.82 Å². The summed E-state index contributed by atoms with van der Waals surface area (Å²) in [5.74, 6) is 2.54. The van der Waals surface area contributed by atoms with Crippen LogP contribution >= 0.6 is 0 Å². The fraction of sp³-hybridized carbons (Fsp3) is 0.440. The number of aromatic nitrogens is 3. The average molecular weight is 432 g/mol. The zero-order valence-electron chi connectivity index (χ0n) is 18.4. The maximum Gasteiger partial charge on any atom is 0.230 e. The number of carbonyl (C=O) groups is 1. The normalized spacial score (nSPS) is 19.9. The molecule has 5 rings (SSSR count). The molecule has 7 nitrogen and oxygen atoms in total. The number of anilines is 1. The quantitative estimate of drug-likeness (QED) is 0.619. The van der Waals surface area contributed by atoms with Gasteiger partial charge >= 0.3 is 0 Å². The lowest BCUT2D eigenvalue weighted by Crippen LogP contribution is -2.44. The molecule has 166 valence electrons. The van der Waals surface area contributed by atoms with Gasteiger partial charge in [0.2, 0.25) is 17.6 Å². The molecule has 3 aromatic rings. The first-order valence-electron chi connectivity index (χ1n) is 11.6. The van der Waals surface area contributed by atoms with Crippen molar-refractivity contribution in [3.63, 3.8) is 0 Å². The molecule has 1 saturated carbocycles. The second kappa shape index (κ2) is 9.10. The molecule has 2 aliphatic rings. The van der Waals surface area contributed by atoms with E-state index >= 15 is 0 Å². The third-order valence-corrected chi connectivity index (χ3v) is 6.67. The minimum absolute atomic E-state index is 0.0197. The minimum atomic E-state index is -0.0828. The van der Waals surface area contributed by atoms with Crippen LogP contribution in [0.1, 0.15) is 62.4 Å². The van der Waals surface area contributed by atoms with E-state index in [1.165, 1.54) is 6.42 Å². The predicted molar refractivity (Wildman–Crippen MR) is 122 cm³/mol. The molecule has 1 N–H and O–H groups in total. The maximum absolute atomic E-state index is 13.0. The lowest BCUT2D eigenvalue weighted by atomic mass is 9.85. The third-order valence-electron chi connectivity index (χ3n) is 6.67. The fourth-order valence-electron chi connectivity index (χ4n) is 4.53. The van der Waals surface area contributed by atoms with E-state index in [0.717, 1.165) is 55.1 Å². The summed E-state index contributed by atoms with van der Waals surface area (Å²) in [7, 11) is 0. The van der Waals surface area contributed by atoms with Crippen LogP contribution in [0.5, 0.6) is 0 Å². The highest BCUT2D eigenvalue weighted by Crippen LogP contribution is 2.37. The van der Waals surface area contributed by atoms with E-state index in [0.29, 0.717) is 18.3 Å². The van der Waals surface area contributed by atoms with Crippen molar-refractivity contribution in [3.8, 4) is 11.4 Å². The molecule has 1 aliphatic heterocycles. The Hall–Kier alpha value is -3.22. The standard InChI is InChI=1S/C25H29N5O2/c1-17(18-8-3-2-4-9-18)27-24(31)20-12-7-15-30(16-20)23-21(13-6-14-26-23)22-28-25(32-29-22)19-10-5-11-19/h2-4,6,8-9,13-14,17,19-20H,5,7,10-12,15-16H2,1H3,(H,27,31)/t17-,20-/m0/s1. The summed E-state index contributed by atoms with van der Waals surface area (Å²) in [6.07, 6.45) is 7.05. The molecule has 0 bridgehead atoms.